The van der Waals surface area contributed by atoms with E-state index in [-0.39, 0.29) is 43.4 Å². The minimum Gasteiger partial charge on any atom is -0.463 e. The Hall–Kier alpha value is -2.36. The highest BCUT2D eigenvalue weighted by molar-refractivity contribution is 5.89. The van der Waals surface area contributed by atoms with Crippen LogP contribution in [0.2, 0.25) is 0 Å². The van der Waals surface area contributed by atoms with Crippen LogP contribution in [0.25, 0.3) is 0 Å². The molecule has 2 atom stereocenters. The summed E-state index contributed by atoms with van der Waals surface area (Å²) in [6, 6.07) is -1.88. The minimum atomic E-state index is -0.787. The molecule has 0 aliphatic heterocycles. The third-order valence-electron chi connectivity index (χ3n) is 4.11. The predicted octanol–water partition coefficient (Wildman–Crippen LogP) is 1.53. The van der Waals surface area contributed by atoms with Crippen molar-refractivity contribution in [3.8, 4) is 0 Å². The zero-order valence-electron chi connectivity index (χ0n) is 22.0. The van der Waals surface area contributed by atoms with Crippen molar-refractivity contribution in [2.45, 2.75) is 80.3 Å². The number of carbonyl (C=O) groups is 4. The van der Waals surface area contributed by atoms with Crippen LogP contribution in [0.4, 0.5) is 4.79 Å². The second-order valence-corrected chi connectivity index (χ2v) is 9.91. The summed E-state index contributed by atoms with van der Waals surface area (Å²) in [6.45, 7) is 16.0. The van der Waals surface area contributed by atoms with Gasteiger partial charge in [-0.2, -0.15) is 0 Å². The van der Waals surface area contributed by atoms with Crippen molar-refractivity contribution < 1.29 is 23.9 Å². The summed E-state index contributed by atoms with van der Waals surface area (Å²) >= 11 is 0. The number of likely N-dealkylation sites (N-methyl/N-ethyl adjacent to an activating group) is 1. The Morgan fingerprint density at radius 1 is 0.909 bits per heavy atom. The molecule has 4 amide bonds. The Bertz CT molecular complexity index is 600. The lowest BCUT2D eigenvalue weighted by atomic mass is 9.97. The molecule has 0 spiro atoms. The topological polar surface area (TPSA) is 152 Å². The smallest absolute Gasteiger partial charge is 0.312 e. The maximum Gasteiger partial charge on any atom is 0.312 e. The summed E-state index contributed by atoms with van der Waals surface area (Å²) in [6.07, 6.45) is 0.764. The van der Waals surface area contributed by atoms with Crippen molar-refractivity contribution in [2.75, 3.05) is 26.7 Å². The van der Waals surface area contributed by atoms with Crippen LogP contribution in [0, 0.1) is 17.3 Å². The molecule has 0 aliphatic carbocycles. The van der Waals surface area contributed by atoms with E-state index in [9.17, 15) is 19.2 Å². The van der Waals surface area contributed by atoms with Crippen molar-refractivity contribution in [3.63, 3.8) is 0 Å². The van der Waals surface area contributed by atoms with E-state index in [2.05, 4.69) is 42.0 Å². The van der Waals surface area contributed by atoms with Gasteiger partial charge in [-0.3, -0.25) is 14.4 Å². The van der Waals surface area contributed by atoms with Gasteiger partial charge in [0.25, 0.3) is 0 Å². The zero-order chi connectivity index (χ0) is 26.2. The SMILES string of the molecule is CC(C)C.CNC(C(=O)NC(CCCNC(N)=O)C(=O)NCCOC(=O)C(C)(C)C)C(C)C. The molecule has 33 heavy (non-hydrogen) atoms. The lowest BCUT2D eigenvalue weighted by Crippen LogP contribution is -2.54. The van der Waals surface area contributed by atoms with E-state index >= 15 is 0 Å². The molecule has 0 saturated carbocycles. The Labute approximate surface area is 199 Å². The Balaban J connectivity index is 0. The lowest BCUT2D eigenvalue weighted by Gasteiger charge is -2.24. The number of urea groups is 1. The molecule has 0 aromatic heterocycles. The quantitative estimate of drug-likeness (QED) is 0.214. The first kappa shape index (κ1) is 32.8. The van der Waals surface area contributed by atoms with Crippen LogP contribution in [-0.2, 0) is 19.1 Å². The molecule has 0 saturated heterocycles. The van der Waals surface area contributed by atoms with Crippen LogP contribution in [-0.4, -0.2) is 62.6 Å². The number of amides is 4. The van der Waals surface area contributed by atoms with Gasteiger partial charge in [0.2, 0.25) is 11.8 Å². The molecular formula is C23H47N5O5. The fourth-order valence-electron chi connectivity index (χ4n) is 2.47. The maximum atomic E-state index is 12.5. The van der Waals surface area contributed by atoms with Gasteiger partial charge in [0.1, 0.15) is 12.6 Å². The Morgan fingerprint density at radius 3 is 1.88 bits per heavy atom. The van der Waals surface area contributed by atoms with E-state index in [0.717, 1.165) is 5.92 Å². The summed E-state index contributed by atoms with van der Waals surface area (Å²) in [5, 5.41) is 10.8. The summed E-state index contributed by atoms with van der Waals surface area (Å²) < 4.78 is 5.12. The number of nitrogens with one attached hydrogen (secondary N) is 4. The molecular weight excluding hydrogens is 426 g/mol. The van der Waals surface area contributed by atoms with Gasteiger partial charge in [0, 0.05) is 6.54 Å². The van der Waals surface area contributed by atoms with E-state index in [4.69, 9.17) is 10.5 Å². The monoisotopic (exact) mass is 473 g/mol. The molecule has 6 N–H and O–H groups in total. The summed E-state index contributed by atoms with van der Waals surface area (Å²) in [5.74, 6) is -0.160. The second-order valence-electron chi connectivity index (χ2n) is 9.91. The fourth-order valence-corrected chi connectivity index (χ4v) is 2.47. The second kappa shape index (κ2) is 17.2. The van der Waals surface area contributed by atoms with Gasteiger partial charge in [-0.15, -0.1) is 0 Å². The molecule has 10 heteroatoms. The summed E-state index contributed by atoms with van der Waals surface area (Å²) in [4.78, 5) is 47.5. The molecule has 0 rings (SSSR count). The number of rotatable bonds is 12. The Morgan fingerprint density at radius 2 is 1.45 bits per heavy atom. The number of nitrogens with two attached hydrogens (primary N) is 1. The van der Waals surface area contributed by atoms with Gasteiger partial charge < -0.3 is 31.7 Å². The average molecular weight is 474 g/mol. The first-order valence-electron chi connectivity index (χ1n) is 11.6. The number of carbonyl (C=O) groups excluding carboxylic acids is 4. The van der Waals surface area contributed by atoms with Crippen LogP contribution in [0.15, 0.2) is 0 Å². The highest BCUT2D eigenvalue weighted by Crippen LogP contribution is 2.14. The fraction of sp³-hybridized carbons (Fsp3) is 0.826. The van der Waals surface area contributed by atoms with Gasteiger partial charge >= 0.3 is 12.0 Å². The van der Waals surface area contributed by atoms with Gasteiger partial charge in [-0.25, -0.2) is 4.79 Å². The van der Waals surface area contributed by atoms with E-state index in [1.165, 1.54) is 0 Å². The molecule has 194 valence electrons. The number of hydrogen-bond acceptors (Lipinski definition) is 6. The van der Waals surface area contributed by atoms with Crippen LogP contribution < -0.4 is 27.0 Å². The average Bonchev–Trinajstić information content (AvgIpc) is 2.65. The maximum absolute atomic E-state index is 12.5. The number of ether oxygens (including phenoxy) is 1. The van der Waals surface area contributed by atoms with Gasteiger partial charge in [-0.05, 0) is 52.5 Å². The largest absolute Gasteiger partial charge is 0.463 e. The van der Waals surface area contributed by atoms with Crippen molar-refractivity contribution >= 4 is 23.8 Å². The van der Waals surface area contributed by atoms with E-state index in [1.54, 1.807) is 27.8 Å². The third kappa shape index (κ3) is 17.8. The minimum absolute atomic E-state index is 0.0386. The molecule has 0 heterocycles. The summed E-state index contributed by atoms with van der Waals surface area (Å²) in [7, 11) is 1.68. The standard InChI is InChI=1S/C19H37N5O5.C4H10/c1-12(2)14(21-6)16(26)24-13(8-7-9-23-18(20)28)15(25)22-10-11-29-17(27)19(3,4)5;1-4(2)3/h12-14,21H,7-11H2,1-6H3,(H,22,25)(H,24,26)(H3,20,23,28);4H,1-3H3. The van der Waals surface area contributed by atoms with E-state index in [1.807, 2.05) is 13.8 Å². The van der Waals surface area contributed by atoms with Crippen LogP contribution in [0.3, 0.4) is 0 Å². The first-order chi connectivity index (χ1) is 15.1. The number of hydrogen-bond donors (Lipinski definition) is 5. The van der Waals surface area contributed by atoms with Gasteiger partial charge in [0.15, 0.2) is 0 Å². The lowest BCUT2D eigenvalue weighted by molar-refractivity contribution is -0.153. The molecule has 2 unspecified atom stereocenters. The molecule has 10 nitrogen and oxygen atoms in total. The van der Waals surface area contributed by atoms with Crippen molar-refractivity contribution in [2.24, 2.45) is 23.0 Å². The van der Waals surface area contributed by atoms with Crippen molar-refractivity contribution in [1.29, 1.82) is 0 Å². The molecule has 0 radical (unpaired) electrons. The van der Waals surface area contributed by atoms with Crippen LogP contribution in [0.1, 0.15) is 68.2 Å². The van der Waals surface area contributed by atoms with E-state index < -0.39 is 23.5 Å². The number of primary amides is 1. The molecule has 0 bridgehead atoms. The normalized spacial score (nSPS) is 12.8. The van der Waals surface area contributed by atoms with Crippen molar-refractivity contribution in [1.82, 2.24) is 21.3 Å². The van der Waals surface area contributed by atoms with Crippen LogP contribution >= 0.6 is 0 Å². The predicted molar refractivity (Wildman–Crippen MR) is 130 cm³/mol. The molecule has 0 aromatic carbocycles. The summed E-state index contributed by atoms with van der Waals surface area (Å²) in [5.41, 5.74) is 4.41. The highest BCUT2D eigenvalue weighted by Gasteiger charge is 2.26. The van der Waals surface area contributed by atoms with Gasteiger partial charge in [0.05, 0.1) is 18.0 Å². The third-order valence-corrected chi connectivity index (χ3v) is 4.11. The van der Waals surface area contributed by atoms with Crippen LogP contribution in [0.5, 0.6) is 0 Å². The first-order valence-corrected chi connectivity index (χ1v) is 11.6. The van der Waals surface area contributed by atoms with Gasteiger partial charge in [-0.1, -0.05) is 34.6 Å². The molecule has 0 aromatic rings. The zero-order valence-corrected chi connectivity index (χ0v) is 22.0. The molecule has 0 aliphatic rings. The molecule has 0 fully saturated rings. The highest BCUT2D eigenvalue weighted by atomic mass is 16.5. The van der Waals surface area contributed by atoms with Crippen molar-refractivity contribution in [3.05, 3.63) is 0 Å². The van der Waals surface area contributed by atoms with E-state index in [0.29, 0.717) is 12.8 Å². The number of esters is 1. The Kier molecular flexibility index (Phi) is 17.1.